The van der Waals surface area contributed by atoms with Crippen LogP contribution in [0.2, 0.25) is 0 Å². The number of hydrogen-bond acceptors (Lipinski definition) is 8. The maximum atomic E-state index is 13.9. The van der Waals surface area contributed by atoms with Crippen LogP contribution in [0.4, 0.5) is 20.2 Å². The van der Waals surface area contributed by atoms with E-state index in [2.05, 4.69) is 46.6 Å². The Hall–Kier alpha value is -7.74. The average Bonchev–Trinajstić information content (AvgIpc) is 4.05. The van der Waals surface area contributed by atoms with Crippen molar-refractivity contribution in [3.63, 3.8) is 0 Å². The molecule has 0 spiro atoms. The summed E-state index contributed by atoms with van der Waals surface area (Å²) in [4.78, 5) is 31.3. The minimum atomic E-state index is -0.822. The van der Waals surface area contributed by atoms with Crippen LogP contribution in [0, 0.1) is 39.3 Å². The van der Waals surface area contributed by atoms with Gasteiger partial charge < -0.3 is 30.3 Å². The first-order valence-corrected chi connectivity index (χ1v) is 21.7. The number of nitrogens with one attached hydrogen (secondary N) is 2. The zero-order chi connectivity index (χ0) is 46.2. The Kier molecular flexibility index (Phi) is 11.9. The molecule has 2 aliphatic rings. The van der Waals surface area contributed by atoms with Crippen molar-refractivity contribution in [3.8, 4) is 22.9 Å². The second kappa shape index (κ2) is 18.0. The van der Waals surface area contributed by atoms with Crippen molar-refractivity contribution in [2.45, 2.75) is 65.5 Å². The molecule has 2 atom stereocenters. The van der Waals surface area contributed by atoms with E-state index in [0.29, 0.717) is 26.3 Å². The molecule has 0 aliphatic carbocycles. The van der Waals surface area contributed by atoms with E-state index in [9.17, 15) is 18.4 Å². The van der Waals surface area contributed by atoms with Gasteiger partial charge >= 0.3 is 11.9 Å². The number of carboxylic acids is 2. The topological polar surface area (TPSA) is 153 Å². The van der Waals surface area contributed by atoms with Crippen LogP contribution in [0.1, 0.15) is 69.7 Å². The van der Waals surface area contributed by atoms with Gasteiger partial charge in [0.05, 0.1) is 59.5 Å². The predicted molar refractivity (Wildman–Crippen MR) is 250 cm³/mol. The lowest BCUT2D eigenvalue weighted by Crippen LogP contribution is -2.07. The quantitative estimate of drug-likeness (QED) is 0.0932. The van der Waals surface area contributed by atoms with E-state index in [0.717, 1.165) is 101 Å². The fourth-order valence-corrected chi connectivity index (χ4v) is 9.08. The van der Waals surface area contributed by atoms with Crippen LogP contribution in [0.3, 0.4) is 0 Å². The smallest absolute Gasteiger partial charge is 0.304 e. The number of rotatable bonds is 12. The van der Waals surface area contributed by atoms with E-state index >= 15 is 0 Å². The summed E-state index contributed by atoms with van der Waals surface area (Å²) in [6, 6.07) is 33.1. The Morgan fingerprint density at radius 3 is 1.44 bits per heavy atom. The zero-order valence-corrected chi connectivity index (χ0v) is 36.9. The summed E-state index contributed by atoms with van der Waals surface area (Å²) in [5.41, 5.74) is 13.0. The van der Waals surface area contributed by atoms with Crippen molar-refractivity contribution in [2.75, 3.05) is 23.8 Å². The summed E-state index contributed by atoms with van der Waals surface area (Å²) >= 11 is 0. The molecule has 0 saturated heterocycles. The number of imidazole rings is 2. The van der Waals surface area contributed by atoms with Gasteiger partial charge in [-0.1, -0.05) is 36.4 Å². The van der Waals surface area contributed by atoms with Crippen LogP contribution < -0.4 is 20.1 Å². The first-order valence-electron chi connectivity index (χ1n) is 21.7. The Morgan fingerprint density at radius 2 is 1.03 bits per heavy atom. The molecular weight excluding hydrogens is 843 g/mol. The average molecular weight is 891 g/mol. The van der Waals surface area contributed by atoms with Crippen molar-refractivity contribution in [3.05, 3.63) is 166 Å². The van der Waals surface area contributed by atoms with Crippen LogP contribution >= 0.6 is 0 Å². The van der Waals surface area contributed by atoms with Crippen LogP contribution in [-0.4, -0.2) is 54.5 Å². The van der Waals surface area contributed by atoms with E-state index in [-0.39, 0.29) is 36.3 Å². The number of ether oxygens (including phenoxy) is 2. The highest BCUT2D eigenvalue weighted by molar-refractivity contribution is 5.80. The fraction of sp³-hybridized carbons (Fsp3) is 0.231. The lowest BCUT2D eigenvalue weighted by atomic mass is 9.98. The Labute approximate surface area is 379 Å². The van der Waals surface area contributed by atoms with Crippen molar-refractivity contribution < 1.29 is 38.1 Å². The van der Waals surface area contributed by atoms with Gasteiger partial charge in [0.2, 0.25) is 0 Å². The lowest BCUT2D eigenvalue weighted by molar-refractivity contribution is -0.138. The molecule has 0 fully saturated rings. The van der Waals surface area contributed by atoms with Gasteiger partial charge in [-0.05, 0) is 98.5 Å². The Balaban J connectivity index is 0.000000166. The van der Waals surface area contributed by atoms with Gasteiger partial charge in [-0.2, -0.15) is 0 Å². The van der Waals surface area contributed by atoms with E-state index in [1.54, 1.807) is 12.1 Å². The molecule has 10 rings (SSSR count). The normalized spacial score (nSPS) is 14.8. The van der Waals surface area contributed by atoms with Crippen molar-refractivity contribution in [2.24, 2.45) is 0 Å². The predicted octanol–water partition coefficient (Wildman–Crippen LogP) is 10.7. The number of carboxylic acid groups (broad SMARTS) is 2. The van der Waals surface area contributed by atoms with E-state index in [4.69, 9.17) is 19.7 Å². The molecule has 0 saturated carbocycles. The first kappa shape index (κ1) is 43.5. The van der Waals surface area contributed by atoms with E-state index < -0.39 is 11.9 Å². The van der Waals surface area contributed by atoms with Crippen molar-refractivity contribution >= 4 is 45.4 Å². The zero-order valence-electron chi connectivity index (χ0n) is 36.9. The molecule has 6 aromatic carbocycles. The summed E-state index contributed by atoms with van der Waals surface area (Å²) < 4.78 is 43.3. The highest BCUT2D eigenvalue weighted by Gasteiger charge is 2.28. The number of aryl methyl sites for hydroxylation is 2. The van der Waals surface area contributed by atoms with Crippen LogP contribution in [0.5, 0.6) is 11.5 Å². The molecule has 66 heavy (non-hydrogen) atoms. The molecule has 4 N–H and O–H groups in total. The molecule has 336 valence electrons. The highest BCUT2D eigenvalue weighted by Crippen LogP contribution is 2.39. The summed E-state index contributed by atoms with van der Waals surface area (Å²) in [7, 11) is 0. The SMILES string of the molecule is Cc1c(CNc2ccc3c(c2)OC[C@H]3CC(=O)O)cccc1-n1c(C)nc2ccc(F)cc21.Cc1c(CNc2ccc3c(c2)OC[C@H]3CC(=O)O)cccc1-n1c(C)nc2ccc(F)cc21. The number of aromatic nitrogens is 4. The fourth-order valence-electron chi connectivity index (χ4n) is 9.08. The van der Waals surface area contributed by atoms with Crippen molar-refractivity contribution in [1.82, 2.24) is 19.1 Å². The number of anilines is 2. The monoisotopic (exact) mass is 890 g/mol. The molecule has 0 bridgehead atoms. The summed E-state index contributed by atoms with van der Waals surface area (Å²) in [6.45, 7) is 9.93. The maximum Gasteiger partial charge on any atom is 0.304 e. The molecule has 4 heterocycles. The number of halogens is 2. The number of aliphatic carboxylic acids is 2. The second-order valence-corrected chi connectivity index (χ2v) is 16.8. The number of fused-ring (bicyclic) bond motifs is 4. The molecule has 2 aromatic heterocycles. The van der Waals surface area contributed by atoms with Gasteiger partial charge in [0, 0.05) is 71.7 Å². The molecule has 0 unspecified atom stereocenters. The minimum absolute atomic E-state index is 0.0675. The molecule has 2 aliphatic heterocycles. The van der Waals surface area contributed by atoms with Gasteiger partial charge in [0.25, 0.3) is 0 Å². The van der Waals surface area contributed by atoms with Crippen LogP contribution in [0.15, 0.2) is 109 Å². The molecule has 14 heteroatoms. The summed E-state index contributed by atoms with van der Waals surface area (Å²) in [5, 5.41) is 25.0. The molecular formula is C52H48F2N6O6. The second-order valence-electron chi connectivity index (χ2n) is 16.8. The summed E-state index contributed by atoms with van der Waals surface area (Å²) in [6.07, 6.45) is 0.135. The number of hydrogen-bond donors (Lipinski definition) is 4. The largest absolute Gasteiger partial charge is 0.493 e. The van der Waals surface area contributed by atoms with Crippen molar-refractivity contribution in [1.29, 1.82) is 0 Å². The third-order valence-corrected chi connectivity index (χ3v) is 12.5. The van der Waals surface area contributed by atoms with Gasteiger partial charge in [0.1, 0.15) is 34.8 Å². The number of benzene rings is 6. The van der Waals surface area contributed by atoms with E-state index in [1.807, 2.05) is 83.6 Å². The van der Waals surface area contributed by atoms with Crippen LogP contribution in [0.25, 0.3) is 33.4 Å². The molecule has 0 radical (unpaired) electrons. The number of carbonyl (C=O) groups is 2. The third kappa shape index (κ3) is 8.73. The minimum Gasteiger partial charge on any atom is -0.493 e. The molecule has 8 aromatic rings. The van der Waals surface area contributed by atoms with Crippen LogP contribution in [-0.2, 0) is 22.7 Å². The standard InChI is InChI=1S/2C26H24FN3O3/c2*1-15-17(13-28-20-7-8-21-18(10-26(31)32)14-33-25(21)12-20)4-3-5-23(15)30-16(2)29-22-9-6-19(27)11-24(22)30/h2*3-9,11-12,18,28H,10,13-14H2,1-2H3,(H,31,32)/t2*18-/m11/s1. The summed E-state index contributed by atoms with van der Waals surface area (Å²) in [5.74, 6) is 0.638. The van der Waals surface area contributed by atoms with E-state index in [1.165, 1.54) is 24.3 Å². The first-order chi connectivity index (χ1) is 31.8. The lowest BCUT2D eigenvalue weighted by Gasteiger charge is -2.16. The van der Waals surface area contributed by atoms with Gasteiger partial charge in [0.15, 0.2) is 0 Å². The Bertz CT molecular complexity index is 2970. The third-order valence-electron chi connectivity index (χ3n) is 12.5. The van der Waals surface area contributed by atoms with Gasteiger partial charge in [-0.25, -0.2) is 18.7 Å². The molecule has 12 nitrogen and oxygen atoms in total. The Morgan fingerprint density at radius 1 is 0.606 bits per heavy atom. The van der Waals surface area contributed by atoms with Gasteiger partial charge in [-0.3, -0.25) is 18.7 Å². The maximum absolute atomic E-state index is 13.9. The molecule has 0 amide bonds. The number of nitrogens with zero attached hydrogens (tertiary/aromatic N) is 4. The highest BCUT2D eigenvalue weighted by atomic mass is 19.1. The van der Waals surface area contributed by atoms with Gasteiger partial charge in [-0.15, -0.1) is 0 Å².